The molecule has 1 saturated carbocycles. The Labute approximate surface area is 93.4 Å². The molecule has 0 aromatic carbocycles. The van der Waals surface area contributed by atoms with Crippen LogP contribution in [0.1, 0.15) is 59.3 Å². The van der Waals surface area contributed by atoms with Crippen LogP contribution in [0.2, 0.25) is 0 Å². The maximum absolute atomic E-state index is 12.0. The summed E-state index contributed by atoms with van der Waals surface area (Å²) in [4.78, 5) is 12.0. The molecule has 0 bridgehead atoms. The summed E-state index contributed by atoms with van der Waals surface area (Å²) in [6.07, 6.45) is 6.37. The molecule has 2 heteroatoms. The molecule has 0 amide bonds. The Kier molecular flexibility index (Phi) is 3.93. The number of rotatable bonds is 3. The summed E-state index contributed by atoms with van der Waals surface area (Å²) < 4.78 is 5.62. The number of hydrogen-bond acceptors (Lipinski definition) is 2. The molecule has 1 aliphatic carbocycles. The molecular formula is C13H24O2. The first kappa shape index (κ1) is 12.7. The van der Waals surface area contributed by atoms with Crippen molar-refractivity contribution in [2.45, 2.75) is 64.9 Å². The number of methoxy groups -OCH3 is 1. The van der Waals surface area contributed by atoms with Gasteiger partial charge in [0.15, 0.2) is 0 Å². The lowest BCUT2D eigenvalue weighted by Gasteiger charge is -2.37. The molecule has 0 unspecified atom stereocenters. The largest absolute Gasteiger partial charge is 0.378 e. The van der Waals surface area contributed by atoms with Crippen molar-refractivity contribution in [1.29, 1.82) is 0 Å². The van der Waals surface area contributed by atoms with E-state index in [1.54, 1.807) is 7.11 Å². The summed E-state index contributed by atoms with van der Waals surface area (Å²) in [5, 5.41) is 0. The predicted octanol–water partition coefficient (Wildman–Crippen LogP) is 3.34. The van der Waals surface area contributed by atoms with Gasteiger partial charge in [-0.25, -0.2) is 0 Å². The maximum atomic E-state index is 12.0. The van der Waals surface area contributed by atoms with E-state index in [0.29, 0.717) is 12.2 Å². The van der Waals surface area contributed by atoms with Crippen molar-refractivity contribution >= 4 is 5.78 Å². The van der Waals surface area contributed by atoms with Crippen LogP contribution in [0.3, 0.4) is 0 Å². The van der Waals surface area contributed by atoms with E-state index in [0.717, 1.165) is 12.8 Å². The SMILES string of the molecule is COC1(CC(=O)C(C)(C)C)CCCCC1. The normalized spacial score (nSPS) is 21.3. The Hall–Kier alpha value is -0.370. The van der Waals surface area contributed by atoms with Crippen molar-refractivity contribution in [2.75, 3.05) is 7.11 Å². The average molecular weight is 212 g/mol. The van der Waals surface area contributed by atoms with Gasteiger partial charge in [0.05, 0.1) is 5.60 Å². The molecule has 0 N–H and O–H groups in total. The zero-order chi connectivity index (χ0) is 11.5. The number of hydrogen-bond donors (Lipinski definition) is 0. The summed E-state index contributed by atoms with van der Waals surface area (Å²) in [6, 6.07) is 0. The molecule has 0 saturated heterocycles. The molecule has 0 aromatic heterocycles. The van der Waals surface area contributed by atoms with Crippen LogP contribution in [-0.4, -0.2) is 18.5 Å². The van der Waals surface area contributed by atoms with E-state index in [1.165, 1.54) is 19.3 Å². The Bertz CT molecular complexity index is 219. The fourth-order valence-electron chi connectivity index (χ4n) is 2.21. The van der Waals surface area contributed by atoms with Crippen molar-refractivity contribution in [2.24, 2.45) is 5.41 Å². The maximum Gasteiger partial charge on any atom is 0.141 e. The summed E-state index contributed by atoms with van der Waals surface area (Å²) in [7, 11) is 1.75. The van der Waals surface area contributed by atoms with Gasteiger partial charge in [-0.3, -0.25) is 4.79 Å². The molecule has 15 heavy (non-hydrogen) atoms. The van der Waals surface area contributed by atoms with Gasteiger partial charge < -0.3 is 4.74 Å². The van der Waals surface area contributed by atoms with E-state index < -0.39 is 0 Å². The predicted molar refractivity (Wildman–Crippen MR) is 61.9 cm³/mol. The first-order valence-corrected chi connectivity index (χ1v) is 5.98. The lowest BCUT2D eigenvalue weighted by Crippen LogP contribution is -2.39. The third-order valence-corrected chi connectivity index (χ3v) is 3.52. The second-order valence-corrected chi connectivity index (χ2v) is 5.80. The van der Waals surface area contributed by atoms with Crippen molar-refractivity contribution in [3.05, 3.63) is 0 Å². The van der Waals surface area contributed by atoms with Gasteiger partial charge >= 0.3 is 0 Å². The number of ketones is 1. The zero-order valence-electron chi connectivity index (χ0n) is 10.6. The second kappa shape index (κ2) is 4.65. The minimum absolute atomic E-state index is 0.150. The van der Waals surface area contributed by atoms with Crippen LogP contribution >= 0.6 is 0 Å². The van der Waals surface area contributed by atoms with E-state index in [4.69, 9.17) is 4.74 Å². The Morgan fingerprint density at radius 2 is 1.73 bits per heavy atom. The zero-order valence-corrected chi connectivity index (χ0v) is 10.6. The monoisotopic (exact) mass is 212 g/mol. The van der Waals surface area contributed by atoms with Gasteiger partial charge in [-0.2, -0.15) is 0 Å². The van der Waals surface area contributed by atoms with Crippen molar-refractivity contribution in [3.63, 3.8) is 0 Å². The van der Waals surface area contributed by atoms with E-state index >= 15 is 0 Å². The smallest absolute Gasteiger partial charge is 0.141 e. The highest BCUT2D eigenvalue weighted by atomic mass is 16.5. The van der Waals surface area contributed by atoms with Crippen molar-refractivity contribution in [3.8, 4) is 0 Å². The average Bonchev–Trinajstić information content (AvgIpc) is 2.18. The first-order chi connectivity index (χ1) is 6.90. The molecule has 0 atom stereocenters. The first-order valence-electron chi connectivity index (χ1n) is 5.98. The van der Waals surface area contributed by atoms with Crippen LogP contribution in [0, 0.1) is 5.41 Å². The van der Waals surface area contributed by atoms with Gasteiger partial charge in [0, 0.05) is 18.9 Å². The van der Waals surface area contributed by atoms with E-state index in [1.807, 2.05) is 20.8 Å². The third kappa shape index (κ3) is 3.30. The highest BCUT2D eigenvalue weighted by Crippen LogP contribution is 2.36. The quantitative estimate of drug-likeness (QED) is 0.717. The van der Waals surface area contributed by atoms with Gasteiger partial charge in [0.2, 0.25) is 0 Å². The van der Waals surface area contributed by atoms with Gasteiger partial charge in [0.1, 0.15) is 5.78 Å². The Morgan fingerprint density at radius 1 is 1.20 bits per heavy atom. The van der Waals surface area contributed by atoms with Crippen LogP contribution in [0.15, 0.2) is 0 Å². The number of Topliss-reactive ketones (excluding diaryl/α,β-unsaturated/α-hetero) is 1. The molecule has 1 rings (SSSR count). The molecule has 0 aliphatic heterocycles. The van der Waals surface area contributed by atoms with Crippen molar-refractivity contribution in [1.82, 2.24) is 0 Å². The van der Waals surface area contributed by atoms with Gasteiger partial charge in [0.25, 0.3) is 0 Å². The van der Waals surface area contributed by atoms with E-state index in [2.05, 4.69) is 0 Å². The summed E-state index contributed by atoms with van der Waals surface area (Å²) in [6.45, 7) is 5.96. The van der Waals surface area contributed by atoms with Crippen LogP contribution in [-0.2, 0) is 9.53 Å². The fraction of sp³-hybridized carbons (Fsp3) is 0.923. The number of carbonyl (C=O) groups is 1. The van der Waals surface area contributed by atoms with Gasteiger partial charge in [-0.15, -0.1) is 0 Å². The standard InChI is InChI=1S/C13H24O2/c1-12(2,3)11(14)10-13(15-4)8-6-5-7-9-13/h5-10H2,1-4H3. The molecule has 0 spiro atoms. The van der Waals surface area contributed by atoms with Gasteiger partial charge in [-0.1, -0.05) is 40.0 Å². The van der Waals surface area contributed by atoms with Crippen molar-refractivity contribution < 1.29 is 9.53 Å². The lowest BCUT2D eigenvalue weighted by atomic mass is 9.76. The summed E-state index contributed by atoms with van der Waals surface area (Å²) in [5.74, 6) is 0.325. The van der Waals surface area contributed by atoms with E-state index in [-0.39, 0.29) is 11.0 Å². The number of ether oxygens (including phenoxy) is 1. The Balaban J connectivity index is 2.63. The fourth-order valence-corrected chi connectivity index (χ4v) is 2.21. The number of carbonyl (C=O) groups excluding carboxylic acids is 1. The van der Waals surface area contributed by atoms with Gasteiger partial charge in [-0.05, 0) is 12.8 Å². The van der Waals surface area contributed by atoms with E-state index in [9.17, 15) is 4.79 Å². The van der Waals surface area contributed by atoms with Crippen LogP contribution in [0.25, 0.3) is 0 Å². The Morgan fingerprint density at radius 3 is 2.13 bits per heavy atom. The van der Waals surface area contributed by atoms with Crippen LogP contribution < -0.4 is 0 Å². The minimum Gasteiger partial charge on any atom is -0.378 e. The molecule has 0 radical (unpaired) electrons. The molecule has 0 heterocycles. The topological polar surface area (TPSA) is 26.3 Å². The molecule has 1 aliphatic rings. The molecular weight excluding hydrogens is 188 g/mol. The summed E-state index contributed by atoms with van der Waals surface area (Å²) >= 11 is 0. The molecule has 1 fully saturated rings. The van der Waals surface area contributed by atoms with Crippen LogP contribution in [0.5, 0.6) is 0 Å². The lowest BCUT2D eigenvalue weighted by molar-refractivity contribution is -0.135. The van der Waals surface area contributed by atoms with Crippen LogP contribution in [0.4, 0.5) is 0 Å². The second-order valence-electron chi connectivity index (χ2n) is 5.80. The highest BCUT2D eigenvalue weighted by molar-refractivity contribution is 5.84. The summed E-state index contributed by atoms with van der Waals surface area (Å²) in [5.41, 5.74) is -0.383. The third-order valence-electron chi connectivity index (χ3n) is 3.52. The highest BCUT2D eigenvalue weighted by Gasteiger charge is 2.37. The molecule has 88 valence electrons. The molecule has 2 nitrogen and oxygen atoms in total. The minimum atomic E-state index is -0.233. The molecule has 0 aromatic rings.